The molecule has 0 aromatic carbocycles. The van der Waals surface area contributed by atoms with Crippen LogP contribution in [0.3, 0.4) is 0 Å². The van der Waals surface area contributed by atoms with E-state index in [1.54, 1.807) is 17.2 Å². The molecule has 4 nitrogen and oxygen atoms in total. The van der Waals surface area contributed by atoms with Crippen LogP contribution >= 0.6 is 11.3 Å². The van der Waals surface area contributed by atoms with Gasteiger partial charge in [0.2, 0.25) is 0 Å². The van der Waals surface area contributed by atoms with E-state index in [9.17, 15) is 13.6 Å². The molecule has 1 amide bonds. The second-order valence-corrected chi connectivity index (χ2v) is 7.97. The van der Waals surface area contributed by atoms with Gasteiger partial charge in [0.1, 0.15) is 0 Å². The molecule has 2 aliphatic heterocycles. The number of carbonyl (C=O) groups excluding carboxylic acids is 1. The zero-order valence-corrected chi connectivity index (χ0v) is 16.0. The Labute approximate surface area is 157 Å². The number of nitrogens with zero attached hydrogens (tertiary/aromatic N) is 2. The van der Waals surface area contributed by atoms with Gasteiger partial charge in [-0.1, -0.05) is 6.92 Å². The minimum absolute atomic E-state index is 0.0633. The molecule has 1 saturated heterocycles. The number of nitrogens with one attached hydrogen (secondary N) is 1. The van der Waals surface area contributed by atoms with E-state index in [1.165, 1.54) is 11.3 Å². The molecule has 1 unspecified atom stereocenters. The van der Waals surface area contributed by atoms with E-state index in [0.717, 1.165) is 31.2 Å². The highest BCUT2D eigenvalue weighted by Gasteiger charge is 2.34. The first kappa shape index (κ1) is 19.2. The third kappa shape index (κ3) is 4.20. The van der Waals surface area contributed by atoms with Crippen LogP contribution in [0.5, 0.6) is 0 Å². The summed E-state index contributed by atoms with van der Waals surface area (Å²) in [5.74, 6) is -3.08. The third-order valence-corrected chi connectivity index (χ3v) is 6.01. The number of thiophene rings is 1. The molecular formula is C19H25F2N3OS. The second kappa shape index (κ2) is 7.96. The Bertz CT molecular complexity index is 715. The number of hydrogen-bond donors (Lipinski definition) is 1. The van der Waals surface area contributed by atoms with Crippen LogP contribution in [0.1, 0.15) is 54.1 Å². The van der Waals surface area contributed by atoms with Gasteiger partial charge in [0, 0.05) is 32.1 Å². The number of alkyl halides is 2. The minimum Gasteiger partial charge on any atom is -0.284 e. The van der Waals surface area contributed by atoms with Crippen molar-refractivity contribution in [2.45, 2.75) is 45.5 Å². The lowest BCUT2D eigenvalue weighted by molar-refractivity contribution is 0.0508. The largest absolute Gasteiger partial charge is 0.284 e. The molecule has 0 saturated carbocycles. The number of hydrogen-bond acceptors (Lipinski definition) is 4. The van der Waals surface area contributed by atoms with Crippen molar-refractivity contribution < 1.29 is 13.6 Å². The molecule has 3 rings (SSSR count). The highest BCUT2D eigenvalue weighted by Crippen LogP contribution is 2.35. The molecule has 0 bridgehead atoms. The van der Waals surface area contributed by atoms with E-state index < -0.39 is 5.92 Å². The average molecular weight is 381 g/mol. The number of rotatable bonds is 4. The van der Waals surface area contributed by atoms with Crippen molar-refractivity contribution >= 4 is 23.0 Å². The second-order valence-electron chi connectivity index (χ2n) is 6.88. The Morgan fingerprint density at radius 1 is 1.42 bits per heavy atom. The number of hydrazine groups is 1. The number of carbonyl (C=O) groups is 1. The molecule has 2 aliphatic rings. The molecular weight excluding hydrogens is 356 g/mol. The quantitative estimate of drug-likeness (QED) is 0.846. The minimum atomic E-state index is -2.86. The van der Waals surface area contributed by atoms with Crippen molar-refractivity contribution in [1.29, 1.82) is 0 Å². The molecule has 26 heavy (non-hydrogen) atoms. The summed E-state index contributed by atoms with van der Waals surface area (Å²) in [5.41, 5.74) is 3.82. The van der Waals surface area contributed by atoms with Crippen molar-refractivity contribution in [2.75, 3.05) is 19.6 Å². The standard InChI is InChI=1S/C19H25F2N3OS/c1-3-13-8-10-22-15(12-14(13)19(2,20)21)16-6-7-17(26-16)18(25)24-11-5-4-9-23-24/h6-7,12-13,23H,3-5,8-11H2,1-2H3. The van der Waals surface area contributed by atoms with E-state index in [-0.39, 0.29) is 17.4 Å². The van der Waals surface area contributed by atoms with E-state index in [4.69, 9.17) is 0 Å². The van der Waals surface area contributed by atoms with Gasteiger partial charge >= 0.3 is 0 Å². The van der Waals surface area contributed by atoms with E-state index >= 15 is 0 Å². The number of allylic oxidation sites excluding steroid dienone is 2. The summed E-state index contributed by atoms with van der Waals surface area (Å²) >= 11 is 1.32. The lowest BCUT2D eigenvalue weighted by atomic mass is 9.89. The van der Waals surface area contributed by atoms with Crippen LogP contribution in [-0.4, -0.2) is 42.2 Å². The number of aliphatic imine (C=N–C) groups is 1. The fourth-order valence-corrected chi connectivity index (χ4v) is 4.38. The van der Waals surface area contributed by atoms with E-state index in [1.807, 2.05) is 13.0 Å². The molecule has 0 aliphatic carbocycles. The first-order valence-electron chi connectivity index (χ1n) is 9.20. The predicted molar refractivity (Wildman–Crippen MR) is 101 cm³/mol. The summed E-state index contributed by atoms with van der Waals surface area (Å²) in [5, 5.41) is 1.64. The summed E-state index contributed by atoms with van der Waals surface area (Å²) < 4.78 is 28.2. The van der Waals surface area contributed by atoms with Crippen molar-refractivity contribution in [3.05, 3.63) is 33.5 Å². The van der Waals surface area contributed by atoms with Gasteiger partial charge in [0.05, 0.1) is 15.5 Å². The zero-order chi connectivity index (χ0) is 18.7. The van der Waals surface area contributed by atoms with E-state index in [2.05, 4.69) is 10.4 Å². The highest BCUT2D eigenvalue weighted by molar-refractivity contribution is 7.16. The number of halogens is 2. The molecule has 142 valence electrons. The lowest BCUT2D eigenvalue weighted by Crippen LogP contribution is -2.46. The molecule has 1 aromatic rings. The Hall–Kier alpha value is -1.60. The monoisotopic (exact) mass is 381 g/mol. The fraction of sp³-hybridized carbons (Fsp3) is 0.579. The highest BCUT2D eigenvalue weighted by atomic mass is 32.1. The van der Waals surface area contributed by atoms with Crippen LogP contribution in [0.4, 0.5) is 8.78 Å². The van der Waals surface area contributed by atoms with Gasteiger partial charge in [-0.2, -0.15) is 0 Å². The molecule has 1 fully saturated rings. The van der Waals surface area contributed by atoms with Gasteiger partial charge in [0.25, 0.3) is 11.8 Å². The maximum Gasteiger partial charge on any atom is 0.278 e. The van der Waals surface area contributed by atoms with Gasteiger partial charge in [-0.05, 0) is 49.8 Å². The van der Waals surface area contributed by atoms with Gasteiger partial charge < -0.3 is 0 Å². The smallest absolute Gasteiger partial charge is 0.278 e. The zero-order valence-electron chi connectivity index (χ0n) is 15.2. The Morgan fingerprint density at radius 3 is 2.88 bits per heavy atom. The van der Waals surface area contributed by atoms with Crippen LogP contribution in [0.2, 0.25) is 0 Å². The lowest BCUT2D eigenvalue weighted by Gasteiger charge is -2.27. The SMILES string of the molecule is CCC1CCN=C(c2ccc(C(=O)N3CCCCN3)s2)C=C1C(C)(F)F. The topological polar surface area (TPSA) is 44.7 Å². The summed E-state index contributed by atoms with van der Waals surface area (Å²) in [4.78, 5) is 18.5. The summed E-state index contributed by atoms with van der Waals surface area (Å²) in [7, 11) is 0. The summed E-state index contributed by atoms with van der Waals surface area (Å²) in [6, 6.07) is 3.58. The van der Waals surface area contributed by atoms with Crippen molar-refractivity contribution in [2.24, 2.45) is 10.9 Å². The Morgan fingerprint density at radius 2 is 2.23 bits per heavy atom. The van der Waals surface area contributed by atoms with Crippen LogP contribution in [-0.2, 0) is 0 Å². The van der Waals surface area contributed by atoms with Crippen LogP contribution in [0.15, 0.2) is 28.8 Å². The Balaban J connectivity index is 1.85. The maximum absolute atomic E-state index is 14.1. The molecule has 0 radical (unpaired) electrons. The molecule has 1 atom stereocenters. The van der Waals surface area contributed by atoms with Gasteiger partial charge in [-0.25, -0.2) is 14.2 Å². The van der Waals surface area contributed by atoms with Gasteiger partial charge in [0.15, 0.2) is 0 Å². The first-order chi connectivity index (χ1) is 12.4. The van der Waals surface area contributed by atoms with Crippen molar-refractivity contribution in [3.8, 4) is 0 Å². The van der Waals surface area contributed by atoms with Crippen LogP contribution in [0.25, 0.3) is 0 Å². The molecule has 0 spiro atoms. The van der Waals surface area contributed by atoms with E-state index in [0.29, 0.717) is 36.5 Å². The van der Waals surface area contributed by atoms with Crippen LogP contribution in [0, 0.1) is 5.92 Å². The first-order valence-corrected chi connectivity index (χ1v) is 10.0. The fourth-order valence-electron chi connectivity index (χ4n) is 3.45. The average Bonchev–Trinajstić information content (AvgIpc) is 3.00. The third-order valence-electron chi connectivity index (χ3n) is 4.92. The van der Waals surface area contributed by atoms with Gasteiger partial charge in [-0.15, -0.1) is 11.3 Å². The summed E-state index contributed by atoms with van der Waals surface area (Å²) in [6.07, 6.45) is 4.89. The predicted octanol–water partition coefficient (Wildman–Crippen LogP) is 4.29. The molecule has 7 heteroatoms. The normalized spacial score (nSPS) is 21.8. The van der Waals surface area contributed by atoms with Crippen LogP contribution < -0.4 is 5.43 Å². The van der Waals surface area contributed by atoms with Crippen molar-refractivity contribution in [3.63, 3.8) is 0 Å². The maximum atomic E-state index is 14.1. The Kier molecular flexibility index (Phi) is 5.87. The molecule has 1 N–H and O–H groups in total. The molecule has 1 aromatic heterocycles. The van der Waals surface area contributed by atoms with Crippen molar-refractivity contribution in [1.82, 2.24) is 10.4 Å². The van der Waals surface area contributed by atoms with Gasteiger partial charge in [-0.3, -0.25) is 14.8 Å². The molecule has 3 heterocycles. The number of amides is 1. The summed E-state index contributed by atoms with van der Waals surface area (Å²) in [6.45, 7) is 4.90.